The van der Waals surface area contributed by atoms with Crippen LogP contribution in [0.2, 0.25) is 5.02 Å². The summed E-state index contributed by atoms with van der Waals surface area (Å²) < 4.78 is 3.78. The normalized spacial score (nSPS) is 11.3. The third-order valence-electron chi connectivity index (χ3n) is 3.44. The quantitative estimate of drug-likeness (QED) is 0.806. The Bertz CT molecular complexity index is 771. The van der Waals surface area contributed by atoms with Gasteiger partial charge in [0, 0.05) is 11.9 Å². The molecule has 104 valence electrons. The van der Waals surface area contributed by atoms with Crippen LogP contribution in [0.15, 0.2) is 24.3 Å². The summed E-state index contributed by atoms with van der Waals surface area (Å²) in [5.74, 6) is 0.538. The first kappa shape index (κ1) is 13.0. The van der Waals surface area contributed by atoms with Crippen molar-refractivity contribution >= 4 is 28.3 Å². The van der Waals surface area contributed by atoms with E-state index in [-0.39, 0.29) is 0 Å². The SMILES string of the molecule is CCn1nc(C)c(Cl)c1Cn1nc(N)c2ccccc21. The number of hydrogen-bond acceptors (Lipinski definition) is 3. The summed E-state index contributed by atoms with van der Waals surface area (Å²) in [6.07, 6.45) is 0. The number of aromatic nitrogens is 4. The van der Waals surface area contributed by atoms with Gasteiger partial charge in [-0.15, -0.1) is 0 Å². The van der Waals surface area contributed by atoms with Crippen molar-refractivity contribution in [1.29, 1.82) is 0 Å². The standard InChI is InChI=1S/C14H16ClN5/c1-3-19-12(13(15)9(2)17-19)8-20-11-7-5-4-6-10(11)14(16)18-20/h4-7H,3,8H2,1-2H3,(H2,16,18). The van der Waals surface area contributed by atoms with E-state index in [1.165, 1.54) is 0 Å². The highest BCUT2D eigenvalue weighted by Gasteiger charge is 2.15. The molecule has 0 amide bonds. The van der Waals surface area contributed by atoms with Gasteiger partial charge in [-0.2, -0.15) is 10.2 Å². The fourth-order valence-corrected chi connectivity index (χ4v) is 2.63. The van der Waals surface area contributed by atoms with Gasteiger partial charge in [-0.25, -0.2) is 0 Å². The number of nitrogens with zero attached hydrogens (tertiary/aromatic N) is 4. The predicted octanol–water partition coefficient (Wildman–Crippen LogP) is 2.85. The predicted molar refractivity (Wildman–Crippen MR) is 80.9 cm³/mol. The van der Waals surface area contributed by atoms with Crippen molar-refractivity contribution in [1.82, 2.24) is 19.6 Å². The first-order valence-electron chi connectivity index (χ1n) is 6.54. The average molecular weight is 290 g/mol. The number of hydrogen-bond donors (Lipinski definition) is 1. The number of benzene rings is 1. The molecule has 0 atom stereocenters. The van der Waals surface area contributed by atoms with Crippen LogP contribution in [0.5, 0.6) is 0 Å². The molecule has 0 aliphatic rings. The van der Waals surface area contributed by atoms with Gasteiger partial charge in [-0.05, 0) is 26.0 Å². The molecule has 20 heavy (non-hydrogen) atoms. The van der Waals surface area contributed by atoms with Crippen LogP contribution in [0.3, 0.4) is 0 Å². The molecule has 3 aromatic rings. The second kappa shape index (κ2) is 4.83. The Hall–Kier alpha value is -2.01. The molecule has 0 bridgehead atoms. The van der Waals surface area contributed by atoms with E-state index in [1.807, 2.05) is 47.5 Å². The fourth-order valence-electron chi connectivity index (χ4n) is 2.44. The summed E-state index contributed by atoms with van der Waals surface area (Å²) in [4.78, 5) is 0. The molecular weight excluding hydrogens is 274 g/mol. The number of halogens is 1. The van der Waals surface area contributed by atoms with E-state index < -0.39 is 0 Å². The zero-order valence-corrected chi connectivity index (χ0v) is 12.2. The highest BCUT2D eigenvalue weighted by atomic mass is 35.5. The molecule has 0 saturated heterocycles. The molecule has 0 fully saturated rings. The smallest absolute Gasteiger partial charge is 0.153 e. The van der Waals surface area contributed by atoms with Gasteiger partial charge < -0.3 is 5.73 Å². The summed E-state index contributed by atoms with van der Waals surface area (Å²) in [5.41, 5.74) is 8.76. The topological polar surface area (TPSA) is 61.7 Å². The highest BCUT2D eigenvalue weighted by Crippen LogP contribution is 2.25. The first-order chi connectivity index (χ1) is 9.61. The van der Waals surface area contributed by atoms with Crippen LogP contribution in [0.4, 0.5) is 5.82 Å². The number of para-hydroxylation sites is 1. The minimum atomic E-state index is 0.538. The van der Waals surface area contributed by atoms with E-state index in [0.717, 1.165) is 28.8 Å². The highest BCUT2D eigenvalue weighted by molar-refractivity contribution is 6.31. The maximum Gasteiger partial charge on any atom is 0.153 e. The lowest BCUT2D eigenvalue weighted by Crippen LogP contribution is -2.09. The van der Waals surface area contributed by atoms with Crippen molar-refractivity contribution in [3.8, 4) is 0 Å². The summed E-state index contributed by atoms with van der Waals surface area (Å²) in [6.45, 7) is 5.29. The number of nitrogen functional groups attached to an aromatic ring is 1. The first-order valence-corrected chi connectivity index (χ1v) is 6.92. The fraction of sp³-hybridized carbons (Fsp3) is 0.286. The van der Waals surface area contributed by atoms with Crippen LogP contribution in [0.25, 0.3) is 10.9 Å². The summed E-state index contributed by atoms with van der Waals surface area (Å²) >= 11 is 6.34. The monoisotopic (exact) mass is 289 g/mol. The van der Waals surface area contributed by atoms with E-state index in [0.29, 0.717) is 17.4 Å². The molecule has 0 unspecified atom stereocenters. The van der Waals surface area contributed by atoms with Gasteiger partial charge in [-0.1, -0.05) is 23.7 Å². The molecule has 0 aliphatic heterocycles. The van der Waals surface area contributed by atoms with E-state index in [9.17, 15) is 0 Å². The minimum Gasteiger partial charge on any atom is -0.382 e. The van der Waals surface area contributed by atoms with Crippen LogP contribution >= 0.6 is 11.6 Å². The molecule has 0 aliphatic carbocycles. The van der Waals surface area contributed by atoms with E-state index in [4.69, 9.17) is 17.3 Å². The molecule has 0 spiro atoms. The maximum absolute atomic E-state index is 6.34. The van der Waals surface area contributed by atoms with Gasteiger partial charge in [-0.3, -0.25) is 9.36 Å². The van der Waals surface area contributed by atoms with Crippen LogP contribution < -0.4 is 5.73 Å². The number of aryl methyl sites for hydroxylation is 2. The zero-order valence-electron chi connectivity index (χ0n) is 11.5. The molecule has 1 aromatic carbocycles. The Balaban J connectivity index is 2.10. The van der Waals surface area contributed by atoms with Crippen LogP contribution in [-0.4, -0.2) is 19.6 Å². The zero-order chi connectivity index (χ0) is 14.3. The van der Waals surface area contributed by atoms with Crippen molar-refractivity contribution in [2.24, 2.45) is 0 Å². The van der Waals surface area contributed by atoms with Crippen LogP contribution in [0, 0.1) is 6.92 Å². The molecule has 2 N–H and O–H groups in total. The number of anilines is 1. The van der Waals surface area contributed by atoms with Crippen molar-refractivity contribution in [2.45, 2.75) is 26.9 Å². The Morgan fingerprint density at radius 1 is 1.20 bits per heavy atom. The molecule has 0 saturated carbocycles. The molecule has 3 rings (SSSR count). The molecule has 2 heterocycles. The lowest BCUT2D eigenvalue weighted by molar-refractivity contribution is 0.583. The maximum atomic E-state index is 6.34. The van der Waals surface area contributed by atoms with Gasteiger partial charge in [0.2, 0.25) is 0 Å². The molecule has 2 aromatic heterocycles. The van der Waals surface area contributed by atoms with Gasteiger partial charge in [0.1, 0.15) is 0 Å². The Morgan fingerprint density at radius 3 is 2.70 bits per heavy atom. The number of nitrogens with two attached hydrogens (primary N) is 1. The molecule has 5 nitrogen and oxygen atoms in total. The van der Waals surface area contributed by atoms with Gasteiger partial charge >= 0.3 is 0 Å². The van der Waals surface area contributed by atoms with Gasteiger partial charge in [0.15, 0.2) is 5.82 Å². The van der Waals surface area contributed by atoms with Crippen LogP contribution in [-0.2, 0) is 13.1 Å². The third kappa shape index (κ3) is 1.94. The second-order valence-electron chi connectivity index (χ2n) is 4.72. The van der Waals surface area contributed by atoms with Gasteiger partial charge in [0.25, 0.3) is 0 Å². The molecular formula is C14H16ClN5. The van der Waals surface area contributed by atoms with Gasteiger partial charge in [0.05, 0.1) is 28.5 Å². The number of rotatable bonds is 3. The average Bonchev–Trinajstić information content (AvgIpc) is 2.92. The molecule has 6 heteroatoms. The van der Waals surface area contributed by atoms with Crippen molar-refractivity contribution < 1.29 is 0 Å². The summed E-state index contributed by atoms with van der Waals surface area (Å²) in [7, 11) is 0. The minimum absolute atomic E-state index is 0.538. The largest absolute Gasteiger partial charge is 0.382 e. The number of fused-ring (bicyclic) bond motifs is 1. The summed E-state index contributed by atoms with van der Waals surface area (Å²) in [6, 6.07) is 7.91. The van der Waals surface area contributed by atoms with E-state index >= 15 is 0 Å². The van der Waals surface area contributed by atoms with Crippen molar-refractivity contribution in [3.63, 3.8) is 0 Å². The Kier molecular flexibility index (Phi) is 3.14. The lowest BCUT2D eigenvalue weighted by atomic mass is 10.2. The van der Waals surface area contributed by atoms with E-state index in [1.54, 1.807) is 0 Å². The summed E-state index contributed by atoms with van der Waals surface area (Å²) in [5, 5.41) is 10.5. The van der Waals surface area contributed by atoms with E-state index in [2.05, 4.69) is 10.2 Å². The third-order valence-corrected chi connectivity index (χ3v) is 3.93. The van der Waals surface area contributed by atoms with Crippen molar-refractivity contribution in [2.75, 3.05) is 5.73 Å². The van der Waals surface area contributed by atoms with Crippen molar-refractivity contribution in [3.05, 3.63) is 40.7 Å². The molecule has 0 radical (unpaired) electrons. The second-order valence-corrected chi connectivity index (χ2v) is 5.10. The Labute approximate surface area is 121 Å². The Morgan fingerprint density at radius 2 is 1.95 bits per heavy atom. The lowest BCUT2D eigenvalue weighted by Gasteiger charge is -2.06. The van der Waals surface area contributed by atoms with Crippen LogP contribution in [0.1, 0.15) is 18.3 Å².